The molecule has 0 saturated carbocycles. The maximum Gasteiger partial charge on any atom is 0.435 e. The van der Waals surface area contributed by atoms with E-state index in [1.54, 1.807) is 24.3 Å². The summed E-state index contributed by atoms with van der Waals surface area (Å²) in [4.78, 5) is 2.66. The Hall–Kier alpha value is -3.01. The molecule has 3 aromatic rings. The second kappa shape index (κ2) is 6.55. The molecule has 0 atom stereocenters. The molecule has 0 spiro atoms. The SMILES string of the molecule is O=S(=O)(Nn1nc(C(F)(F)F)cc1-c1ccc2c(c1)CCO2)c1ccccc1. The summed E-state index contributed by atoms with van der Waals surface area (Å²) in [5, 5.41) is 3.43. The summed E-state index contributed by atoms with van der Waals surface area (Å²) >= 11 is 0. The Morgan fingerprint density at radius 1 is 1.07 bits per heavy atom. The lowest BCUT2D eigenvalue weighted by molar-refractivity contribution is -0.141. The van der Waals surface area contributed by atoms with Gasteiger partial charge in [0.15, 0.2) is 5.69 Å². The summed E-state index contributed by atoms with van der Waals surface area (Å²) in [5.74, 6) is 0.663. The van der Waals surface area contributed by atoms with Gasteiger partial charge in [-0.1, -0.05) is 18.2 Å². The lowest BCUT2D eigenvalue weighted by atomic mass is 10.1. The van der Waals surface area contributed by atoms with E-state index in [2.05, 4.69) is 9.93 Å². The number of halogens is 3. The minimum atomic E-state index is -4.72. The summed E-state index contributed by atoms with van der Waals surface area (Å²) in [6, 6.07) is 13.0. The van der Waals surface area contributed by atoms with Crippen LogP contribution < -0.4 is 9.57 Å². The van der Waals surface area contributed by atoms with Crippen LogP contribution in [-0.2, 0) is 22.6 Å². The van der Waals surface area contributed by atoms with Gasteiger partial charge in [0.2, 0.25) is 0 Å². The van der Waals surface area contributed by atoms with Gasteiger partial charge in [-0.2, -0.15) is 31.2 Å². The first kappa shape index (κ1) is 18.4. The molecule has 0 amide bonds. The maximum atomic E-state index is 13.2. The van der Waals surface area contributed by atoms with Gasteiger partial charge in [-0.15, -0.1) is 5.10 Å². The fraction of sp³-hybridized carbons (Fsp3) is 0.167. The van der Waals surface area contributed by atoms with E-state index in [9.17, 15) is 21.6 Å². The zero-order valence-electron chi connectivity index (χ0n) is 14.3. The van der Waals surface area contributed by atoms with Gasteiger partial charge < -0.3 is 4.74 Å². The molecule has 0 unspecified atom stereocenters. The Kier molecular flexibility index (Phi) is 4.30. The zero-order chi connectivity index (χ0) is 19.9. The Bertz CT molecular complexity index is 1130. The number of alkyl halides is 3. The van der Waals surface area contributed by atoms with Crippen LogP contribution in [0.25, 0.3) is 11.3 Å². The zero-order valence-corrected chi connectivity index (χ0v) is 15.1. The van der Waals surface area contributed by atoms with Gasteiger partial charge in [0.25, 0.3) is 10.0 Å². The molecule has 0 radical (unpaired) electrons. The normalized spacial score (nSPS) is 13.8. The predicted octanol–water partition coefficient (Wildman–Crippen LogP) is 3.44. The van der Waals surface area contributed by atoms with Crippen molar-refractivity contribution in [3.63, 3.8) is 0 Å². The molecule has 0 aliphatic carbocycles. The molecule has 1 aliphatic rings. The van der Waals surface area contributed by atoms with E-state index in [1.165, 1.54) is 24.3 Å². The lowest BCUT2D eigenvalue weighted by Crippen LogP contribution is -2.25. The second-order valence-electron chi connectivity index (χ2n) is 6.15. The van der Waals surface area contributed by atoms with Crippen molar-refractivity contribution >= 4 is 10.0 Å². The molecule has 4 rings (SSSR count). The number of sulfonamides is 1. The van der Waals surface area contributed by atoms with Gasteiger partial charge in [-0.25, -0.2) is 0 Å². The lowest BCUT2D eigenvalue weighted by Gasteiger charge is -2.12. The van der Waals surface area contributed by atoms with Gasteiger partial charge >= 0.3 is 6.18 Å². The molecule has 1 aromatic heterocycles. The van der Waals surface area contributed by atoms with Crippen molar-refractivity contribution in [3.8, 4) is 17.0 Å². The fourth-order valence-electron chi connectivity index (χ4n) is 2.91. The van der Waals surface area contributed by atoms with Gasteiger partial charge in [0.05, 0.1) is 17.2 Å². The highest BCUT2D eigenvalue weighted by molar-refractivity contribution is 7.92. The van der Waals surface area contributed by atoms with Crippen LogP contribution in [0.5, 0.6) is 5.75 Å². The van der Waals surface area contributed by atoms with E-state index in [1.807, 2.05) is 0 Å². The smallest absolute Gasteiger partial charge is 0.435 e. The molecule has 0 fully saturated rings. The average Bonchev–Trinajstić information content (AvgIpc) is 3.28. The number of ether oxygens (including phenoxy) is 1. The standard InChI is InChI=1S/C18H14F3N3O3S/c19-18(20,21)17-11-15(12-6-7-16-13(10-12)8-9-27-16)24(22-17)23-28(25,26)14-4-2-1-3-5-14/h1-7,10-11,23H,8-9H2. The number of hydrogen-bond donors (Lipinski definition) is 1. The number of benzene rings is 2. The van der Waals surface area contributed by atoms with E-state index in [0.29, 0.717) is 29.1 Å². The highest BCUT2D eigenvalue weighted by atomic mass is 32.2. The first-order valence-electron chi connectivity index (χ1n) is 8.25. The highest BCUT2D eigenvalue weighted by Crippen LogP contribution is 2.34. The van der Waals surface area contributed by atoms with Gasteiger partial charge in [-0.05, 0) is 42.0 Å². The summed E-state index contributed by atoms with van der Waals surface area (Å²) in [5.41, 5.74) is 0.00396. The van der Waals surface area contributed by atoms with Crippen LogP contribution in [0.1, 0.15) is 11.3 Å². The Morgan fingerprint density at radius 2 is 1.82 bits per heavy atom. The van der Waals surface area contributed by atoms with Gasteiger partial charge in [0, 0.05) is 12.0 Å². The second-order valence-corrected chi connectivity index (χ2v) is 7.81. The Morgan fingerprint density at radius 3 is 2.54 bits per heavy atom. The molecule has 6 nitrogen and oxygen atoms in total. The quantitative estimate of drug-likeness (QED) is 0.717. The number of hydrogen-bond acceptors (Lipinski definition) is 4. The van der Waals surface area contributed by atoms with E-state index in [-0.39, 0.29) is 10.6 Å². The topological polar surface area (TPSA) is 73.2 Å². The first-order chi connectivity index (χ1) is 13.2. The van der Waals surface area contributed by atoms with E-state index < -0.39 is 21.9 Å². The number of nitrogens with zero attached hydrogens (tertiary/aromatic N) is 2. The highest BCUT2D eigenvalue weighted by Gasteiger charge is 2.36. The van der Waals surface area contributed by atoms with Gasteiger partial charge in [-0.3, -0.25) is 0 Å². The van der Waals surface area contributed by atoms with Crippen molar-refractivity contribution in [2.75, 3.05) is 11.4 Å². The fourth-order valence-corrected chi connectivity index (χ4v) is 3.89. The van der Waals surface area contributed by atoms with Crippen LogP contribution in [0, 0.1) is 0 Å². The van der Waals surface area contributed by atoms with Crippen LogP contribution in [0.4, 0.5) is 13.2 Å². The summed E-state index contributed by atoms with van der Waals surface area (Å²) < 4.78 is 70.1. The minimum absolute atomic E-state index is 0.0264. The van der Waals surface area contributed by atoms with Crippen molar-refractivity contribution in [2.24, 2.45) is 0 Å². The predicted molar refractivity (Wildman–Crippen MR) is 94.9 cm³/mol. The Labute approximate surface area is 158 Å². The van der Waals surface area contributed by atoms with E-state index in [0.717, 1.165) is 11.6 Å². The molecule has 2 heterocycles. The number of rotatable bonds is 4. The molecular formula is C18H14F3N3O3S. The molecule has 28 heavy (non-hydrogen) atoms. The van der Waals surface area contributed by atoms with Crippen molar-refractivity contribution in [3.05, 3.63) is 65.9 Å². The summed E-state index contributed by atoms with van der Waals surface area (Å²) in [6.07, 6.45) is -4.10. The monoisotopic (exact) mass is 409 g/mol. The van der Waals surface area contributed by atoms with Crippen molar-refractivity contribution in [1.82, 2.24) is 9.89 Å². The molecule has 10 heteroatoms. The minimum Gasteiger partial charge on any atom is -0.493 e. The van der Waals surface area contributed by atoms with Crippen molar-refractivity contribution in [1.29, 1.82) is 0 Å². The third-order valence-corrected chi connectivity index (χ3v) is 5.55. The first-order valence-corrected chi connectivity index (χ1v) is 9.73. The summed E-state index contributed by atoms with van der Waals surface area (Å²) in [7, 11) is -4.13. The molecular weight excluding hydrogens is 395 g/mol. The number of fused-ring (bicyclic) bond motifs is 1. The van der Waals surface area contributed by atoms with Crippen LogP contribution in [0.3, 0.4) is 0 Å². The third kappa shape index (κ3) is 3.42. The largest absolute Gasteiger partial charge is 0.493 e. The summed E-state index contributed by atoms with van der Waals surface area (Å²) in [6.45, 7) is 0.493. The maximum absolute atomic E-state index is 13.2. The molecule has 2 aromatic carbocycles. The van der Waals surface area contributed by atoms with Crippen LogP contribution in [0.15, 0.2) is 59.5 Å². The molecule has 1 aliphatic heterocycles. The van der Waals surface area contributed by atoms with Crippen LogP contribution >= 0.6 is 0 Å². The van der Waals surface area contributed by atoms with Crippen molar-refractivity contribution in [2.45, 2.75) is 17.5 Å². The molecule has 146 valence electrons. The average molecular weight is 409 g/mol. The molecule has 1 N–H and O–H groups in total. The third-order valence-electron chi connectivity index (χ3n) is 4.25. The van der Waals surface area contributed by atoms with Crippen LogP contribution in [0.2, 0.25) is 0 Å². The van der Waals surface area contributed by atoms with Crippen LogP contribution in [-0.4, -0.2) is 24.9 Å². The van der Waals surface area contributed by atoms with E-state index in [4.69, 9.17) is 4.74 Å². The molecule has 0 saturated heterocycles. The Balaban J connectivity index is 1.79. The molecule has 0 bridgehead atoms. The van der Waals surface area contributed by atoms with Crippen molar-refractivity contribution < 1.29 is 26.3 Å². The number of nitrogens with one attached hydrogen (secondary N) is 1. The van der Waals surface area contributed by atoms with Gasteiger partial charge in [0.1, 0.15) is 5.75 Å². The van der Waals surface area contributed by atoms with E-state index >= 15 is 0 Å². The number of aromatic nitrogens is 2.